The fraction of sp³-hybridized carbons (Fsp3) is 0.643. The van der Waals surface area contributed by atoms with Crippen molar-refractivity contribution in [1.82, 2.24) is 4.98 Å². The van der Waals surface area contributed by atoms with Gasteiger partial charge >= 0.3 is 0 Å². The SMILES string of the molecule is CC(O)C1CCN(c2ccc([C@H](C)O)cn2)CC1. The molecule has 2 N–H and O–H groups in total. The number of hydrogen-bond acceptors (Lipinski definition) is 4. The van der Waals surface area contributed by atoms with E-state index in [1.54, 1.807) is 13.1 Å². The lowest BCUT2D eigenvalue weighted by atomic mass is 9.92. The second-order valence-corrected chi connectivity index (χ2v) is 5.19. The second kappa shape index (κ2) is 5.67. The summed E-state index contributed by atoms with van der Waals surface area (Å²) in [4.78, 5) is 6.64. The molecule has 2 rings (SSSR count). The van der Waals surface area contributed by atoms with Gasteiger partial charge in [0, 0.05) is 19.3 Å². The van der Waals surface area contributed by atoms with Gasteiger partial charge in [-0.15, -0.1) is 0 Å². The van der Waals surface area contributed by atoms with E-state index in [0.717, 1.165) is 37.3 Å². The summed E-state index contributed by atoms with van der Waals surface area (Å²) in [5.41, 5.74) is 0.845. The molecule has 2 heterocycles. The Hall–Kier alpha value is -1.13. The molecule has 1 aliphatic heterocycles. The monoisotopic (exact) mass is 250 g/mol. The molecule has 0 aliphatic carbocycles. The number of piperidine rings is 1. The molecule has 1 fully saturated rings. The molecule has 100 valence electrons. The number of pyridine rings is 1. The quantitative estimate of drug-likeness (QED) is 0.858. The van der Waals surface area contributed by atoms with E-state index in [1.165, 1.54) is 0 Å². The molecular formula is C14H22N2O2. The summed E-state index contributed by atoms with van der Waals surface area (Å²) in [5, 5.41) is 19.0. The van der Waals surface area contributed by atoms with Crippen LogP contribution < -0.4 is 4.90 Å². The lowest BCUT2D eigenvalue weighted by Crippen LogP contribution is -2.37. The zero-order valence-corrected chi connectivity index (χ0v) is 11.1. The first-order valence-electron chi connectivity index (χ1n) is 6.65. The number of nitrogens with zero attached hydrogens (tertiary/aromatic N) is 2. The highest BCUT2D eigenvalue weighted by molar-refractivity contribution is 5.40. The van der Waals surface area contributed by atoms with Crippen LogP contribution in [0.3, 0.4) is 0 Å². The van der Waals surface area contributed by atoms with Crippen molar-refractivity contribution >= 4 is 5.82 Å². The molecule has 0 radical (unpaired) electrons. The largest absolute Gasteiger partial charge is 0.393 e. The zero-order chi connectivity index (χ0) is 13.1. The van der Waals surface area contributed by atoms with Gasteiger partial charge < -0.3 is 15.1 Å². The normalized spacial score (nSPS) is 20.8. The maximum atomic E-state index is 9.57. The van der Waals surface area contributed by atoms with Crippen molar-refractivity contribution in [2.45, 2.75) is 38.9 Å². The first kappa shape index (κ1) is 13.3. The number of aliphatic hydroxyl groups excluding tert-OH is 2. The van der Waals surface area contributed by atoms with Gasteiger partial charge in [0.25, 0.3) is 0 Å². The van der Waals surface area contributed by atoms with Crippen molar-refractivity contribution in [2.75, 3.05) is 18.0 Å². The van der Waals surface area contributed by atoms with Crippen molar-refractivity contribution in [3.63, 3.8) is 0 Å². The van der Waals surface area contributed by atoms with E-state index < -0.39 is 6.10 Å². The average Bonchev–Trinajstić information content (AvgIpc) is 2.39. The molecule has 1 saturated heterocycles. The molecule has 1 aromatic rings. The van der Waals surface area contributed by atoms with Crippen LogP contribution in [0.25, 0.3) is 0 Å². The van der Waals surface area contributed by atoms with E-state index >= 15 is 0 Å². The lowest BCUT2D eigenvalue weighted by molar-refractivity contribution is 0.110. The van der Waals surface area contributed by atoms with Crippen LogP contribution >= 0.6 is 0 Å². The van der Waals surface area contributed by atoms with Crippen molar-refractivity contribution in [3.05, 3.63) is 23.9 Å². The van der Waals surface area contributed by atoms with E-state index in [2.05, 4.69) is 9.88 Å². The highest BCUT2D eigenvalue weighted by Crippen LogP contribution is 2.24. The first-order chi connectivity index (χ1) is 8.58. The molecule has 1 aliphatic rings. The van der Waals surface area contributed by atoms with Gasteiger partial charge in [-0.05, 0) is 44.2 Å². The van der Waals surface area contributed by atoms with Crippen LogP contribution in [-0.4, -0.2) is 34.4 Å². The third kappa shape index (κ3) is 3.00. The van der Waals surface area contributed by atoms with E-state index in [4.69, 9.17) is 0 Å². The van der Waals surface area contributed by atoms with Crippen molar-refractivity contribution in [3.8, 4) is 0 Å². The topological polar surface area (TPSA) is 56.6 Å². The maximum Gasteiger partial charge on any atom is 0.128 e. The molecule has 0 spiro atoms. The first-order valence-corrected chi connectivity index (χ1v) is 6.65. The van der Waals surface area contributed by atoms with Crippen LogP contribution in [0, 0.1) is 5.92 Å². The van der Waals surface area contributed by atoms with Crippen LogP contribution in [0.2, 0.25) is 0 Å². The van der Waals surface area contributed by atoms with Crippen molar-refractivity contribution in [2.24, 2.45) is 5.92 Å². The fourth-order valence-corrected chi connectivity index (χ4v) is 2.44. The van der Waals surface area contributed by atoms with Crippen LogP contribution in [0.15, 0.2) is 18.3 Å². The Labute approximate surface area is 108 Å². The Morgan fingerprint density at radius 3 is 2.33 bits per heavy atom. The Morgan fingerprint density at radius 1 is 1.22 bits per heavy atom. The number of rotatable bonds is 3. The van der Waals surface area contributed by atoms with Gasteiger partial charge in [-0.2, -0.15) is 0 Å². The third-order valence-electron chi connectivity index (χ3n) is 3.80. The summed E-state index contributed by atoms with van der Waals surface area (Å²) in [7, 11) is 0. The summed E-state index contributed by atoms with van der Waals surface area (Å²) in [6.07, 6.45) is 3.08. The van der Waals surface area contributed by atoms with E-state index in [-0.39, 0.29) is 6.10 Å². The van der Waals surface area contributed by atoms with Gasteiger partial charge in [0.15, 0.2) is 0 Å². The van der Waals surface area contributed by atoms with E-state index in [1.807, 2.05) is 19.1 Å². The van der Waals surface area contributed by atoms with E-state index in [0.29, 0.717) is 5.92 Å². The third-order valence-corrected chi connectivity index (χ3v) is 3.80. The van der Waals surface area contributed by atoms with Crippen LogP contribution in [0.4, 0.5) is 5.82 Å². The highest BCUT2D eigenvalue weighted by Gasteiger charge is 2.23. The number of aromatic nitrogens is 1. The van der Waals surface area contributed by atoms with Gasteiger partial charge in [0.05, 0.1) is 12.2 Å². The molecule has 0 bridgehead atoms. The highest BCUT2D eigenvalue weighted by atomic mass is 16.3. The molecule has 1 unspecified atom stereocenters. The van der Waals surface area contributed by atoms with Gasteiger partial charge in [-0.1, -0.05) is 6.07 Å². The van der Waals surface area contributed by atoms with Crippen LogP contribution in [0.1, 0.15) is 38.4 Å². The molecule has 1 aromatic heterocycles. The summed E-state index contributed by atoms with van der Waals surface area (Å²) in [5.74, 6) is 1.38. The molecular weight excluding hydrogens is 228 g/mol. The number of hydrogen-bond donors (Lipinski definition) is 2. The van der Waals surface area contributed by atoms with Gasteiger partial charge in [-0.3, -0.25) is 0 Å². The molecule has 18 heavy (non-hydrogen) atoms. The second-order valence-electron chi connectivity index (χ2n) is 5.19. The Bertz CT molecular complexity index is 368. The summed E-state index contributed by atoms with van der Waals surface area (Å²) < 4.78 is 0. The average molecular weight is 250 g/mol. The fourth-order valence-electron chi connectivity index (χ4n) is 2.44. The van der Waals surface area contributed by atoms with Gasteiger partial charge in [0.2, 0.25) is 0 Å². The summed E-state index contributed by atoms with van der Waals surface area (Å²) in [6, 6.07) is 3.89. The number of aliphatic hydroxyl groups is 2. The predicted molar refractivity (Wildman–Crippen MR) is 71.5 cm³/mol. The minimum atomic E-state index is -0.465. The Morgan fingerprint density at radius 2 is 1.89 bits per heavy atom. The van der Waals surface area contributed by atoms with Gasteiger partial charge in [0.1, 0.15) is 5.82 Å². The maximum absolute atomic E-state index is 9.57. The smallest absolute Gasteiger partial charge is 0.128 e. The minimum Gasteiger partial charge on any atom is -0.393 e. The van der Waals surface area contributed by atoms with Crippen molar-refractivity contribution in [1.29, 1.82) is 0 Å². The molecule has 4 nitrogen and oxygen atoms in total. The van der Waals surface area contributed by atoms with Crippen molar-refractivity contribution < 1.29 is 10.2 Å². The molecule has 4 heteroatoms. The molecule has 0 aromatic carbocycles. The van der Waals surface area contributed by atoms with Gasteiger partial charge in [-0.25, -0.2) is 4.98 Å². The van der Waals surface area contributed by atoms with Crippen LogP contribution in [0.5, 0.6) is 0 Å². The minimum absolute atomic E-state index is 0.210. The standard InChI is InChI=1S/C14H22N2O2/c1-10(17)12-5-7-16(8-6-12)14-4-3-13(9-15-14)11(2)18/h3-4,9-12,17-18H,5-8H2,1-2H3/t10?,11-/m0/s1. The van der Waals surface area contributed by atoms with E-state index in [9.17, 15) is 10.2 Å². The summed E-state index contributed by atoms with van der Waals surface area (Å²) in [6.45, 7) is 5.49. The lowest BCUT2D eigenvalue weighted by Gasteiger charge is -2.34. The molecule has 2 atom stereocenters. The number of anilines is 1. The van der Waals surface area contributed by atoms with Crippen LogP contribution in [-0.2, 0) is 0 Å². The molecule has 0 amide bonds. The summed E-state index contributed by atoms with van der Waals surface area (Å²) >= 11 is 0. The Balaban J connectivity index is 1.97. The predicted octanol–water partition coefficient (Wildman–Crippen LogP) is 1.73. The molecule has 0 saturated carbocycles. The Kier molecular flexibility index (Phi) is 4.19. The zero-order valence-electron chi connectivity index (χ0n) is 11.1.